The molecule has 246 valence electrons. The highest BCUT2D eigenvalue weighted by atomic mass is 32.2. The fraction of sp³-hybridized carbons (Fsp3) is 0.333. The van der Waals surface area contributed by atoms with E-state index in [-0.39, 0.29) is 31.1 Å². The van der Waals surface area contributed by atoms with Crippen LogP contribution in [0.5, 0.6) is 0 Å². The van der Waals surface area contributed by atoms with Crippen LogP contribution in [-0.2, 0) is 32.2 Å². The minimum Gasteiger partial charge on any atom is -0.481 e. The van der Waals surface area contributed by atoms with Gasteiger partial charge in [0, 0.05) is 42.0 Å². The van der Waals surface area contributed by atoms with Gasteiger partial charge in [-0.1, -0.05) is 91.7 Å². The first kappa shape index (κ1) is 34.4. The van der Waals surface area contributed by atoms with Crippen molar-refractivity contribution in [2.24, 2.45) is 0 Å². The average molecular weight is 654 g/mol. The fourth-order valence-corrected chi connectivity index (χ4v) is 6.60. The largest absolute Gasteiger partial charge is 0.481 e. The normalized spacial score (nSPS) is 17.7. The molecule has 8 heteroatoms. The van der Waals surface area contributed by atoms with Crippen LogP contribution in [0.3, 0.4) is 0 Å². The van der Waals surface area contributed by atoms with Gasteiger partial charge in [0.15, 0.2) is 6.29 Å². The lowest BCUT2D eigenvalue weighted by Gasteiger charge is -2.36. The van der Waals surface area contributed by atoms with Crippen molar-refractivity contribution >= 4 is 23.6 Å². The summed E-state index contributed by atoms with van der Waals surface area (Å²) in [4.78, 5) is 24.2. The number of amides is 1. The maximum absolute atomic E-state index is 12.4. The van der Waals surface area contributed by atoms with Gasteiger partial charge in [-0.15, -0.1) is 11.8 Å². The number of aliphatic hydroxyl groups is 1. The van der Waals surface area contributed by atoms with Crippen molar-refractivity contribution in [3.05, 3.63) is 125 Å². The summed E-state index contributed by atoms with van der Waals surface area (Å²) in [5.74, 6) is 0.0282. The van der Waals surface area contributed by atoms with Gasteiger partial charge in [0.2, 0.25) is 5.91 Å². The van der Waals surface area contributed by atoms with E-state index in [1.165, 1.54) is 4.90 Å². The minimum atomic E-state index is -0.773. The van der Waals surface area contributed by atoms with Crippen molar-refractivity contribution in [3.8, 4) is 11.1 Å². The molecule has 0 aromatic heterocycles. The summed E-state index contributed by atoms with van der Waals surface area (Å²) in [7, 11) is 0. The Morgan fingerprint density at radius 3 is 2.21 bits per heavy atom. The quantitative estimate of drug-likeness (QED) is 0.0827. The molecular formula is C39H43NO6S. The number of carboxylic acid groups (broad SMARTS) is 1. The second-order valence-corrected chi connectivity index (χ2v) is 13.0. The predicted molar refractivity (Wildman–Crippen MR) is 185 cm³/mol. The van der Waals surface area contributed by atoms with Crippen molar-refractivity contribution < 1.29 is 29.3 Å². The first-order valence-electron chi connectivity index (χ1n) is 16.3. The Bertz CT molecular complexity index is 1580. The standard InChI is InChI=1S/C39H43NO6S/c41-26-28-18-20-30(21-19-28)36-24-34(27-47-35-14-4-3-5-15-35)45-39(46-36)33-13-9-12-32(23-33)31-11-8-10-29(22-31)25-40-37(42)16-6-1-2-7-17-38(43)44/h3-5,8-15,18-23,34,36,39,41H,1-2,6-7,16-17,24-27H2,(H,40,42)(H,43,44)/t34-,36+,39+/m0/s1. The first-order valence-corrected chi connectivity index (χ1v) is 17.3. The number of hydrogen-bond donors (Lipinski definition) is 3. The molecule has 1 aliphatic heterocycles. The summed E-state index contributed by atoms with van der Waals surface area (Å²) >= 11 is 1.78. The maximum atomic E-state index is 12.4. The SMILES string of the molecule is O=C(O)CCCCCCC(=O)NCc1cccc(-c2cccc([C@@H]3O[C@H](CSc4ccccc4)C[C@H](c4ccc(CO)cc4)O3)c2)c1. The highest BCUT2D eigenvalue weighted by Gasteiger charge is 2.32. The van der Waals surface area contributed by atoms with Gasteiger partial charge >= 0.3 is 5.97 Å². The summed E-state index contributed by atoms with van der Waals surface area (Å²) < 4.78 is 13.2. The van der Waals surface area contributed by atoms with Crippen molar-refractivity contribution in [1.82, 2.24) is 5.32 Å². The molecule has 5 rings (SSSR count). The third kappa shape index (κ3) is 10.8. The molecule has 4 aromatic rings. The molecule has 0 saturated carbocycles. The predicted octanol–water partition coefficient (Wildman–Crippen LogP) is 8.23. The van der Waals surface area contributed by atoms with Crippen LogP contribution in [0, 0.1) is 0 Å². The fourth-order valence-electron chi connectivity index (χ4n) is 5.66. The van der Waals surface area contributed by atoms with Crippen molar-refractivity contribution in [1.29, 1.82) is 0 Å². The number of nitrogens with one attached hydrogen (secondary N) is 1. The van der Waals surface area contributed by atoms with Gasteiger partial charge in [0.1, 0.15) is 0 Å². The van der Waals surface area contributed by atoms with Gasteiger partial charge in [0.05, 0.1) is 18.8 Å². The molecule has 1 amide bonds. The van der Waals surface area contributed by atoms with E-state index in [1.807, 2.05) is 66.7 Å². The van der Waals surface area contributed by atoms with Crippen LogP contribution in [-0.4, -0.2) is 33.9 Å². The lowest BCUT2D eigenvalue weighted by atomic mass is 9.99. The van der Waals surface area contributed by atoms with E-state index in [0.717, 1.165) is 64.8 Å². The Balaban J connectivity index is 1.23. The Morgan fingerprint density at radius 1 is 0.745 bits per heavy atom. The van der Waals surface area contributed by atoms with Gasteiger partial charge in [0.25, 0.3) is 0 Å². The molecular weight excluding hydrogens is 610 g/mol. The number of aliphatic hydroxyl groups excluding tert-OH is 1. The summed E-state index contributed by atoms with van der Waals surface area (Å²) in [6.45, 7) is 0.448. The minimum absolute atomic E-state index is 0.00256. The van der Waals surface area contributed by atoms with Crippen LogP contribution in [0.25, 0.3) is 11.1 Å². The number of hydrogen-bond acceptors (Lipinski definition) is 6. The Morgan fingerprint density at radius 2 is 1.47 bits per heavy atom. The van der Waals surface area contributed by atoms with E-state index in [2.05, 4.69) is 41.7 Å². The molecule has 47 heavy (non-hydrogen) atoms. The lowest BCUT2D eigenvalue weighted by molar-refractivity contribution is -0.245. The van der Waals surface area contributed by atoms with E-state index in [1.54, 1.807) is 11.8 Å². The molecule has 0 bridgehead atoms. The summed E-state index contributed by atoms with van der Waals surface area (Å²) in [6.07, 6.45) is 3.71. The zero-order chi connectivity index (χ0) is 32.8. The highest BCUT2D eigenvalue weighted by Crippen LogP contribution is 2.40. The molecule has 0 aliphatic carbocycles. The number of unbranched alkanes of at least 4 members (excludes halogenated alkanes) is 3. The van der Waals surface area contributed by atoms with Crippen molar-refractivity contribution in [3.63, 3.8) is 0 Å². The van der Waals surface area contributed by atoms with E-state index >= 15 is 0 Å². The molecule has 0 radical (unpaired) electrons. The molecule has 3 N–H and O–H groups in total. The molecule has 0 unspecified atom stereocenters. The second kappa shape index (κ2) is 17.8. The first-order chi connectivity index (χ1) is 23.0. The molecule has 7 nitrogen and oxygen atoms in total. The van der Waals surface area contributed by atoms with Crippen LogP contribution in [0.15, 0.2) is 108 Å². The Hall–Kier alpha value is -3.95. The monoisotopic (exact) mass is 653 g/mol. The summed E-state index contributed by atoms with van der Waals surface area (Å²) in [5, 5.41) is 21.3. The highest BCUT2D eigenvalue weighted by molar-refractivity contribution is 7.99. The number of ether oxygens (including phenoxy) is 2. The molecule has 3 atom stereocenters. The van der Waals surface area contributed by atoms with E-state index < -0.39 is 12.3 Å². The number of aliphatic carboxylic acids is 1. The number of carbonyl (C=O) groups excluding carboxylic acids is 1. The van der Waals surface area contributed by atoms with Crippen molar-refractivity contribution in [2.45, 2.75) is 81.5 Å². The van der Waals surface area contributed by atoms with Gasteiger partial charge in [-0.05, 0) is 64.9 Å². The molecule has 1 saturated heterocycles. The van der Waals surface area contributed by atoms with Crippen LogP contribution >= 0.6 is 11.8 Å². The Kier molecular flexibility index (Phi) is 13.0. The Labute approximate surface area is 281 Å². The number of rotatable bonds is 16. The van der Waals surface area contributed by atoms with E-state index in [0.29, 0.717) is 19.4 Å². The summed E-state index contributed by atoms with van der Waals surface area (Å²) in [6, 6.07) is 34.7. The molecule has 4 aromatic carbocycles. The van der Waals surface area contributed by atoms with Gasteiger partial charge in [-0.2, -0.15) is 0 Å². The van der Waals surface area contributed by atoms with E-state index in [4.69, 9.17) is 14.6 Å². The molecule has 1 aliphatic rings. The van der Waals surface area contributed by atoms with Gasteiger partial charge < -0.3 is 25.0 Å². The van der Waals surface area contributed by atoms with Crippen LogP contribution in [0.4, 0.5) is 0 Å². The maximum Gasteiger partial charge on any atom is 0.303 e. The van der Waals surface area contributed by atoms with Gasteiger partial charge in [-0.3, -0.25) is 9.59 Å². The topological polar surface area (TPSA) is 105 Å². The van der Waals surface area contributed by atoms with Crippen LogP contribution < -0.4 is 5.32 Å². The smallest absolute Gasteiger partial charge is 0.303 e. The molecule has 0 spiro atoms. The third-order valence-corrected chi connectivity index (χ3v) is 9.39. The van der Waals surface area contributed by atoms with Crippen molar-refractivity contribution in [2.75, 3.05) is 5.75 Å². The van der Waals surface area contributed by atoms with E-state index in [9.17, 15) is 14.7 Å². The molecule has 1 fully saturated rings. The number of thioether (sulfide) groups is 1. The zero-order valence-corrected chi connectivity index (χ0v) is 27.4. The third-order valence-electron chi connectivity index (χ3n) is 8.25. The second-order valence-electron chi connectivity index (χ2n) is 11.9. The number of carbonyl (C=O) groups is 2. The van der Waals surface area contributed by atoms with Crippen LogP contribution in [0.1, 0.15) is 79.6 Å². The number of benzene rings is 4. The number of carboxylic acids is 1. The van der Waals surface area contributed by atoms with Gasteiger partial charge in [-0.25, -0.2) is 0 Å². The molecule has 1 heterocycles. The zero-order valence-electron chi connectivity index (χ0n) is 26.6. The lowest BCUT2D eigenvalue weighted by Crippen LogP contribution is -2.31. The van der Waals surface area contributed by atoms with Crippen LogP contribution in [0.2, 0.25) is 0 Å². The average Bonchev–Trinajstić information content (AvgIpc) is 3.11. The summed E-state index contributed by atoms with van der Waals surface area (Å²) in [5.41, 5.74) is 5.96.